The zero-order chi connectivity index (χ0) is 13.1. The third-order valence-electron chi connectivity index (χ3n) is 3.03. The fraction of sp³-hybridized carbons (Fsp3) is 0.333. The van der Waals surface area contributed by atoms with Crippen molar-refractivity contribution in [2.45, 2.75) is 32.7 Å². The van der Waals surface area contributed by atoms with Gasteiger partial charge in [0.05, 0.1) is 6.04 Å². The van der Waals surface area contributed by atoms with E-state index in [9.17, 15) is 4.39 Å². The normalized spacial score (nSPS) is 12.2. The second-order valence-corrected chi connectivity index (χ2v) is 4.30. The molecule has 18 heavy (non-hydrogen) atoms. The Hall–Kier alpha value is -1.79. The molecular formula is C15H16FNO. The summed E-state index contributed by atoms with van der Waals surface area (Å²) in [5.41, 5.74) is 7.68. The lowest BCUT2D eigenvalue weighted by Gasteiger charge is -2.07. The van der Waals surface area contributed by atoms with E-state index in [2.05, 4.69) is 11.8 Å². The molecule has 3 heteroatoms. The average molecular weight is 245 g/mol. The largest absolute Gasteiger partial charge is 0.459 e. The monoisotopic (exact) mass is 245 g/mol. The van der Waals surface area contributed by atoms with Crippen molar-refractivity contribution >= 4 is 11.0 Å². The molecule has 0 aliphatic carbocycles. The van der Waals surface area contributed by atoms with Crippen molar-refractivity contribution in [3.63, 3.8) is 0 Å². The van der Waals surface area contributed by atoms with Gasteiger partial charge in [-0.25, -0.2) is 4.39 Å². The molecule has 1 aromatic carbocycles. The van der Waals surface area contributed by atoms with Gasteiger partial charge in [-0.2, -0.15) is 0 Å². The van der Waals surface area contributed by atoms with Gasteiger partial charge in [0.2, 0.25) is 0 Å². The van der Waals surface area contributed by atoms with Crippen LogP contribution in [0.5, 0.6) is 0 Å². The van der Waals surface area contributed by atoms with Crippen LogP contribution in [-0.2, 0) is 0 Å². The van der Waals surface area contributed by atoms with Gasteiger partial charge in [-0.05, 0) is 38.5 Å². The summed E-state index contributed by atoms with van der Waals surface area (Å²) in [5.74, 6) is 6.29. The predicted octanol–water partition coefficient (Wildman–Crippen LogP) is 3.68. The van der Waals surface area contributed by atoms with Crippen LogP contribution in [0, 0.1) is 24.6 Å². The molecule has 2 rings (SSSR count). The lowest BCUT2D eigenvalue weighted by Crippen LogP contribution is -2.09. The van der Waals surface area contributed by atoms with E-state index < -0.39 is 0 Å². The summed E-state index contributed by atoms with van der Waals surface area (Å²) >= 11 is 0. The fourth-order valence-electron chi connectivity index (χ4n) is 2.05. The number of furan rings is 1. The second kappa shape index (κ2) is 5.24. The molecule has 0 radical (unpaired) electrons. The summed E-state index contributed by atoms with van der Waals surface area (Å²) < 4.78 is 18.9. The van der Waals surface area contributed by atoms with Crippen LogP contribution >= 0.6 is 0 Å². The summed E-state index contributed by atoms with van der Waals surface area (Å²) in [5, 5.41) is 0.794. The quantitative estimate of drug-likeness (QED) is 0.838. The molecule has 1 unspecified atom stereocenters. The first kappa shape index (κ1) is 12.7. The van der Waals surface area contributed by atoms with Gasteiger partial charge >= 0.3 is 0 Å². The van der Waals surface area contributed by atoms with Crippen LogP contribution in [0.15, 0.2) is 22.6 Å². The third-order valence-corrected chi connectivity index (χ3v) is 3.03. The van der Waals surface area contributed by atoms with Crippen LogP contribution in [0.4, 0.5) is 4.39 Å². The maximum absolute atomic E-state index is 13.2. The highest BCUT2D eigenvalue weighted by Gasteiger charge is 2.16. The SMILES string of the molecule is CC#CCCC(N)c1oc2ccc(F)cc2c1C. The molecule has 0 saturated heterocycles. The Morgan fingerprint density at radius 2 is 2.22 bits per heavy atom. The number of hydrogen-bond donors (Lipinski definition) is 1. The highest BCUT2D eigenvalue weighted by atomic mass is 19.1. The molecule has 1 heterocycles. The Morgan fingerprint density at radius 1 is 1.44 bits per heavy atom. The lowest BCUT2D eigenvalue weighted by molar-refractivity contribution is 0.478. The van der Waals surface area contributed by atoms with Gasteiger partial charge in [-0.15, -0.1) is 11.8 Å². The van der Waals surface area contributed by atoms with Crippen molar-refractivity contribution in [2.75, 3.05) is 0 Å². The van der Waals surface area contributed by atoms with Crippen LogP contribution in [0.2, 0.25) is 0 Å². The molecule has 2 aromatic rings. The van der Waals surface area contributed by atoms with Crippen LogP contribution in [0.1, 0.15) is 37.1 Å². The summed E-state index contributed by atoms with van der Waals surface area (Å²) in [7, 11) is 0. The minimum atomic E-state index is -0.261. The minimum Gasteiger partial charge on any atom is -0.459 e. The average Bonchev–Trinajstić information content (AvgIpc) is 2.67. The number of rotatable bonds is 3. The highest BCUT2D eigenvalue weighted by molar-refractivity contribution is 5.82. The summed E-state index contributed by atoms with van der Waals surface area (Å²) in [6.07, 6.45) is 1.48. The van der Waals surface area contributed by atoms with Gasteiger partial charge in [0.15, 0.2) is 0 Å². The molecule has 0 saturated carbocycles. The number of hydrogen-bond acceptors (Lipinski definition) is 2. The molecule has 0 bridgehead atoms. The number of nitrogens with two attached hydrogens (primary N) is 1. The van der Waals surface area contributed by atoms with Crippen molar-refractivity contribution in [2.24, 2.45) is 5.73 Å². The van der Waals surface area contributed by atoms with Crippen LogP contribution in [0.3, 0.4) is 0 Å². The van der Waals surface area contributed by atoms with E-state index in [1.807, 2.05) is 6.92 Å². The number of halogens is 1. The van der Waals surface area contributed by atoms with Gasteiger partial charge in [-0.3, -0.25) is 0 Å². The Morgan fingerprint density at radius 3 is 2.94 bits per heavy atom. The second-order valence-electron chi connectivity index (χ2n) is 4.30. The molecule has 0 aliphatic heterocycles. The van der Waals surface area contributed by atoms with E-state index in [0.29, 0.717) is 5.58 Å². The van der Waals surface area contributed by atoms with E-state index in [4.69, 9.17) is 10.2 Å². The third kappa shape index (κ3) is 2.39. The van der Waals surface area contributed by atoms with Crippen LogP contribution in [-0.4, -0.2) is 0 Å². The molecule has 0 fully saturated rings. The summed E-state index contributed by atoms with van der Waals surface area (Å²) in [6.45, 7) is 3.71. The van der Waals surface area contributed by atoms with Gasteiger partial charge in [-0.1, -0.05) is 0 Å². The maximum Gasteiger partial charge on any atom is 0.134 e. The smallest absolute Gasteiger partial charge is 0.134 e. The molecule has 0 amide bonds. The Labute approximate surface area is 106 Å². The van der Waals surface area contributed by atoms with E-state index in [-0.39, 0.29) is 11.9 Å². The minimum absolute atomic E-state index is 0.193. The first-order valence-electron chi connectivity index (χ1n) is 5.97. The number of aryl methyl sites for hydroxylation is 1. The molecule has 1 atom stereocenters. The standard InChI is InChI=1S/C15H16FNO/c1-3-4-5-6-13(17)15-10(2)12-9-11(16)7-8-14(12)18-15/h7-9,13H,5-6,17H2,1-2H3. The molecule has 94 valence electrons. The van der Waals surface area contributed by atoms with Gasteiger partial charge in [0.25, 0.3) is 0 Å². The van der Waals surface area contributed by atoms with E-state index in [1.165, 1.54) is 12.1 Å². The van der Waals surface area contributed by atoms with Crippen molar-refractivity contribution in [1.29, 1.82) is 0 Å². The molecule has 1 aromatic heterocycles. The predicted molar refractivity (Wildman–Crippen MR) is 70.5 cm³/mol. The van der Waals surface area contributed by atoms with E-state index in [0.717, 1.165) is 29.6 Å². The summed E-state index contributed by atoms with van der Waals surface area (Å²) in [4.78, 5) is 0. The van der Waals surface area contributed by atoms with Crippen LogP contribution < -0.4 is 5.73 Å². The Bertz CT molecular complexity index is 618. The molecule has 2 N–H and O–H groups in total. The van der Waals surface area contributed by atoms with Crippen molar-refractivity contribution < 1.29 is 8.81 Å². The first-order valence-corrected chi connectivity index (χ1v) is 5.97. The van der Waals surface area contributed by atoms with Crippen LogP contribution in [0.25, 0.3) is 11.0 Å². The molecular weight excluding hydrogens is 229 g/mol. The number of fused-ring (bicyclic) bond motifs is 1. The highest BCUT2D eigenvalue weighted by Crippen LogP contribution is 2.30. The van der Waals surface area contributed by atoms with Crippen molar-refractivity contribution in [3.05, 3.63) is 35.3 Å². The van der Waals surface area contributed by atoms with Gasteiger partial charge in [0, 0.05) is 17.4 Å². The zero-order valence-corrected chi connectivity index (χ0v) is 10.6. The van der Waals surface area contributed by atoms with Gasteiger partial charge in [0.1, 0.15) is 17.2 Å². The molecule has 2 nitrogen and oxygen atoms in total. The lowest BCUT2D eigenvalue weighted by atomic mass is 10.0. The fourth-order valence-corrected chi connectivity index (χ4v) is 2.05. The van der Waals surface area contributed by atoms with E-state index in [1.54, 1.807) is 13.0 Å². The topological polar surface area (TPSA) is 39.2 Å². The Kier molecular flexibility index (Phi) is 3.69. The maximum atomic E-state index is 13.2. The number of benzene rings is 1. The van der Waals surface area contributed by atoms with Gasteiger partial charge < -0.3 is 10.2 Å². The molecule has 0 spiro atoms. The first-order chi connectivity index (χ1) is 8.63. The van der Waals surface area contributed by atoms with Crippen molar-refractivity contribution in [3.8, 4) is 11.8 Å². The Balaban J connectivity index is 2.32. The molecule has 0 aliphatic rings. The van der Waals surface area contributed by atoms with Crippen molar-refractivity contribution in [1.82, 2.24) is 0 Å². The summed E-state index contributed by atoms with van der Waals surface area (Å²) in [6, 6.07) is 4.32. The zero-order valence-electron chi connectivity index (χ0n) is 10.6. The van der Waals surface area contributed by atoms with E-state index >= 15 is 0 Å².